The molecular formula is C12H17N3O5. The number of nitrogens with zero attached hydrogens (tertiary/aromatic N) is 2. The van der Waals surface area contributed by atoms with Crippen molar-refractivity contribution in [1.29, 1.82) is 0 Å². The Morgan fingerprint density at radius 2 is 2.10 bits per heavy atom. The van der Waals surface area contributed by atoms with E-state index in [1.807, 2.05) is 0 Å². The summed E-state index contributed by atoms with van der Waals surface area (Å²) in [5, 5.41) is 2.29. The van der Waals surface area contributed by atoms with E-state index in [1.54, 1.807) is 6.92 Å². The highest BCUT2D eigenvalue weighted by Crippen LogP contribution is 2.01. The Balaban J connectivity index is 4.51. The van der Waals surface area contributed by atoms with E-state index in [4.69, 9.17) is 10.3 Å². The van der Waals surface area contributed by atoms with Gasteiger partial charge in [0, 0.05) is 6.42 Å². The van der Waals surface area contributed by atoms with Crippen molar-refractivity contribution in [3.05, 3.63) is 18.2 Å². The smallest absolute Gasteiger partial charge is 0.408 e. The molecule has 0 rings (SSSR count). The number of carbonyl (C=O) groups excluding carboxylic acids is 3. The van der Waals surface area contributed by atoms with Gasteiger partial charge in [-0.3, -0.25) is 4.79 Å². The topological polar surface area (TPSA) is 118 Å². The number of Topliss-reactive ketones (excluding diaryl/α,β-unsaturated/α-hetero) is 1. The standard InChI is InChI=1S/C12H17N3O5/c1-3-7-20-12(18)15-10(11(17)19-4-2)6-5-9(16)8-14-13/h3,8,10H,1,4-7H2,2H3,(H,15,18)/t10-/m0/s1. The van der Waals surface area contributed by atoms with Gasteiger partial charge < -0.3 is 20.3 Å². The largest absolute Gasteiger partial charge is 0.464 e. The number of nitrogens with one attached hydrogen (secondary N) is 1. The normalized spacial score (nSPS) is 10.7. The van der Waals surface area contributed by atoms with Crippen LogP contribution in [0.3, 0.4) is 0 Å². The lowest BCUT2D eigenvalue weighted by molar-refractivity contribution is -0.145. The van der Waals surface area contributed by atoms with Crippen LogP contribution < -0.4 is 5.32 Å². The number of ketones is 1. The second kappa shape index (κ2) is 10.5. The van der Waals surface area contributed by atoms with E-state index >= 15 is 0 Å². The van der Waals surface area contributed by atoms with Gasteiger partial charge in [0.1, 0.15) is 12.6 Å². The van der Waals surface area contributed by atoms with Gasteiger partial charge in [-0.2, -0.15) is 4.79 Å². The van der Waals surface area contributed by atoms with Crippen molar-refractivity contribution >= 4 is 24.1 Å². The van der Waals surface area contributed by atoms with Gasteiger partial charge in [-0.05, 0) is 13.3 Å². The fraction of sp³-hybridized carbons (Fsp3) is 0.500. The molecule has 0 aromatic heterocycles. The highest BCUT2D eigenvalue weighted by atomic mass is 16.6. The highest BCUT2D eigenvalue weighted by molar-refractivity contribution is 6.25. The lowest BCUT2D eigenvalue weighted by atomic mass is 10.1. The molecule has 8 nitrogen and oxygen atoms in total. The summed E-state index contributed by atoms with van der Waals surface area (Å²) in [6.45, 7) is 5.14. The quantitative estimate of drug-likeness (QED) is 0.217. The Labute approximate surface area is 116 Å². The van der Waals surface area contributed by atoms with Crippen LogP contribution in [0.4, 0.5) is 4.79 Å². The number of amides is 1. The number of alkyl carbamates (subject to hydrolysis) is 1. The van der Waals surface area contributed by atoms with Gasteiger partial charge in [0.05, 0.1) is 6.61 Å². The molecule has 20 heavy (non-hydrogen) atoms. The van der Waals surface area contributed by atoms with Crippen LogP contribution in [-0.2, 0) is 19.1 Å². The zero-order valence-corrected chi connectivity index (χ0v) is 11.2. The summed E-state index contributed by atoms with van der Waals surface area (Å²) in [7, 11) is 0. The monoisotopic (exact) mass is 283 g/mol. The molecule has 0 bridgehead atoms. The van der Waals surface area contributed by atoms with Gasteiger partial charge >= 0.3 is 18.3 Å². The zero-order chi connectivity index (χ0) is 15.4. The minimum Gasteiger partial charge on any atom is -0.464 e. The first-order valence-electron chi connectivity index (χ1n) is 5.96. The molecule has 0 unspecified atom stereocenters. The molecule has 110 valence electrons. The van der Waals surface area contributed by atoms with Crippen LogP contribution in [0.1, 0.15) is 19.8 Å². The van der Waals surface area contributed by atoms with Gasteiger partial charge in [0.25, 0.3) is 0 Å². The highest BCUT2D eigenvalue weighted by Gasteiger charge is 2.23. The third-order valence-corrected chi connectivity index (χ3v) is 2.08. The predicted octanol–water partition coefficient (Wildman–Crippen LogP) is 0.480. The predicted molar refractivity (Wildman–Crippen MR) is 69.0 cm³/mol. The van der Waals surface area contributed by atoms with Crippen LogP contribution in [-0.4, -0.2) is 48.1 Å². The molecule has 0 heterocycles. The summed E-state index contributed by atoms with van der Waals surface area (Å²) in [6.07, 6.45) is 1.20. The van der Waals surface area contributed by atoms with Crippen molar-refractivity contribution in [3.8, 4) is 0 Å². The number of ether oxygens (including phenoxy) is 2. The molecule has 0 saturated carbocycles. The van der Waals surface area contributed by atoms with E-state index in [-0.39, 0.29) is 26.1 Å². The van der Waals surface area contributed by atoms with Crippen LogP contribution in [0.25, 0.3) is 5.53 Å². The van der Waals surface area contributed by atoms with E-state index < -0.39 is 23.9 Å². The average Bonchev–Trinajstić information content (AvgIpc) is 2.41. The third kappa shape index (κ3) is 7.78. The molecule has 0 aliphatic heterocycles. The summed E-state index contributed by atoms with van der Waals surface area (Å²) < 4.78 is 9.46. The number of esters is 1. The molecule has 0 fully saturated rings. The number of rotatable bonds is 9. The van der Waals surface area contributed by atoms with Crippen molar-refractivity contribution < 1.29 is 28.6 Å². The van der Waals surface area contributed by atoms with Crippen LogP contribution in [0.15, 0.2) is 12.7 Å². The molecule has 1 amide bonds. The molecule has 8 heteroatoms. The van der Waals surface area contributed by atoms with Crippen molar-refractivity contribution in [3.63, 3.8) is 0 Å². The number of hydrogen-bond acceptors (Lipinski definition) is 5. The minimum atomic E-state index is -1.01. The Morgan fingerprint density at radius 1 is 1.40 bits per heavy atom. The van der Waals surface area contributed by atoms with Crippen molar-refractivity contribution in [2.24, 2.45) is 0 Å². The summed E-state index contributed by atoms with van der Waals surface area (Å²) in [6, 6.07) is -1.01. The van der Waals surface area contributed by atoms with Crippen LogP contribution in [0, 0.1) is 0 Å². The average molecular weight is 283 g/mol. The Kier molecular flexibility index (Phi) is 9.16. The second-order valence-corrected chi connectivity index (χ2v) is 3.59. The summed E-state index contributed by atoms with van der Waals surface area (Å²) in [4.78, 5) is 36.7. The molecule has 1 atom stereocenters. The second-order valence-electron chi connectivity index (χ2n) is 3.59. The third-order valence-electron chi connectivity index (χ3n) is 2.08. The van der Waals surface area contributed by atoms with Gasteiger partial charge in [-0.15, -0.1) is 0 Å². The van der Waals surface area contributed by atoms with Gasteiger partial charge in [-0.1, -0.05) is 12.7 Å². The minimum absolute atomic E-state index is 0.00250. The zero-order valence-electron chi connectivity index (χ0n) is 11.2. The molecular weight excluding hydrogens is 266 g/mol. The summed E-state index contributed by atoms with van der Waals surface area (Å²) in [5.41, 5.74) is 8.20. The Bertz CT molecular complexity index is 415. The van der Waals surface area contributed by atoms with E-state index in [9.17, 15) is 14.4 Å². The molecule has 0 aromatic carbocycles. The molecule has 0 saturated heterocycles. The van der Waals surface area contributed by atoms with Gasteiger partial charge in [0.2, 0.25) is 5.78 Å². The first kappa shape index (κ1) is 17.5. The fourth-order valence-corrected chi connectivity index (χ4v) is 1.23. The number of carbonyl (C=O) groups is 3. The molecule has 0 aliphatic rings. The van der Waals surface area contributed by atoms with Crippen LogP contribution >= 0.6 is 0 Å². The molecule has 0 aliphatic carbocycles. The van der Waals surface area contributed by atoms with E-state index in [0.717, 1.165) is 6.21 Å². The maximum Gasteiger partial charge on any atom is 0.408 e. The van der Waals surface area contributed by atoms with Crippen molar-refractivity contribution in [2.75, 3.05) is 13.2 Å². The summed E-state index contributed by atoms with van der Waals surface area (Å²) >= 11 is 0. The lowest BCUT2D eigenvalue weighted by Gasteiger charge is -2.15. The van der Waals surface area contributed by atoms with E-state index in [1.165, 1.54) is 6.08 Å². The first-order valence-corrected chi connectivity index (χ1v) is 5.96. The van der Waals surface area contributed by atoms with Gasteiger partial charge in [0.15, 0.2) is 0 Å². The van der Waals surface area contributed by atoms with Crippen molar-refractivity contribution in [1.82, 2.24) is 5.32 Å². The van der Waals surface area contributed by atoms with E-state index in [2.05, 4.69) is 21.4 Å². The maximum absolute atomic E-state index is 11.6. The van der Waals surface area contributed by atoms with Crippen LogP contribution in [0.2, 0.25) is 0 Å². The van der Waals surface area contributed by atoms with Gasteiger partial charge in [-0.25, -0.2) is 9.59 Å². The van der Waals surface area contributed by atoms with Crippen LogP contribution in [0.5, 0.6) is 0 Å². The van der Waals surface area contributed by atoms with E-state index in [0.29, 0.717) is 0 Å². The number of hydrogen-bond donors (Lipinski definition) is 1. The fourth-order valence-electron chi connectivity index (χ4n) is 1.23. The Morgan fingerprint density at radius 3 is 2.65 bits per heavy atom. The molecule has 0 spiro atoms. The Hall–Kier alpha value is -2.47. The molecule has 0 radical (unpaired) electrons. The SMILES string of the molecule is C=CCOC(=O)N[C@@H](CCC(=O)C=[N+]=[N-])C(=O)OCC. The first-order chi connectivity index (χ1) is 9.54. The van der Waals surface area contributed by atoms with Crippen molar-refractivity contribution in [2.45, 2.75) is 25.8 Å². The molecule has 1 N–H and O–H groups in total. The lowest BCUT2D eigenvalue weighted by Crippen LogP contribution is -2.42. The maximum atomic E-state index is 11.6. The molecule has 0 aromatic rings. The summed E-state index contributed by atoms with van der Waals surface area (Å²) in [5.74, 6) is -1.15.